The Morgan fingerprint density at radius 1 is 0.829 bits per heavy atom. The van der Waals surface area contributed by atoms with Crippen LogP contribution in [0.2, 0.25) is 0 Å². The summed E-state index contributed by atoms with van der Waals surface area (Å²) in [6, 6.07) is 14.4. The maximum absolute atomic E-state index is 11.9. The molecule has 1 N–H and O–H groups in total. The lowest BCUT2D eigenvalue weighted by Gasteiger charge is -2.11. The molecule has 0 saturated carbocycles. The third-order valence-corrected chi connectivity index (χ3v) is 5.00. The number of hydrogen-bond acceptors (Lipinski definition) is 6. The standard InChI is InChI=1S/C18H24O4.C10H10O3/c1-4-6-7-15(5-2)18(20)22-17(19)13-10-14-8-11-16(21-3)12-9-14;1-13-9-5-2-8(3-6-9)4-7-10(11)12/h8-13,15H,4-7H2,1-3H3;2-7H,1H3,(H,11,12). The van der Waals surface area contributed by atoms with Gasteiger partial charge in [0, 0.05) is 12.2 Å². The monoisotopic (exact) mass is 482 g/mol. The molecule has 2 aromatic carbocycles. The van der Waals surface area contributed by atoms with Crippen molar-refractivity contribution in [3.05, 3.63) is 71.8 Å². The number of carboxylic acids is 1. The third-order valence-electron chi connectivity index (χ3n) is 5.00. The lowest BCUT2D eigenvalue weighted by Crippen LogP contribution is -2.19. The third kappa shape index (κ3) is 12.2. The summed E-state index contributed by atoms with van der Waals surface area (Å²) in [4.78, 5) is 33.8. The van der Waals surface area contributed by atoms with Crippen LogP contribution >= 0.6 is 0 Å². The molecular weight excluding hydrogens is 448 g/mol. The second kappa shape index (κ2) is 16.7. The molecule has 0 aliphatic heterocycles. The van der Waals surface area contributed by atoms with Crippen LogP contribution in [0.1, 0.15) is 50.7 Å². The van der Waals surface area contributed by atoms with E-state index >= 15 is 0 Å². The van der Waals surface area contributed by atoms with Gasteiger partial charge in [0.1, 0.15) is 11.5 Å². The van der Waals surface area contributed by atoms with E-state index in [2.05, 4.69) is 6.92 Å². The first-order valence-corrected chi connectivity index (χ1v) is 11.5. The molecule has 0 heterocycles. The number of esters is 2. The molecule has 0 bridgehead atoms. The summed E-state index contributed by atoms with van der Waals surface area (Å²) in [7, 11) is 3.18. The van der Waals surface area contributed by atoms with Crippen LogP contribution < -0.4 is 9.47 Å². The molecule has 0 spiro atoms. The van der Waals surface area contributed by atoms with Gasteiger partial charge in [0.15, 0.2) is 0 Å². The predicted molar refractivity (Wildman–Crippen MR) is 136 cm³/mol. The van der Waals surface area contributed by atoms with Gasteiger partial charge in [0.2, 0.25) is 0 Å². The first-order chi connectivity index (χ1) is 16.8. The molecule has 2 rings (SSSR count). The van der Waals surface area contributed by atoms with Crippen LogP contribution in [0, 0.1) is 5.92 Å². The average molecular weight is 483 g/mol. The predicted octanol–water partition coefficient (Wildman–Crippen LogP) is 5.79. The first kappa shape index (κ1) is 29.2. The number of carbonyl (C=O) groups excluding carboxylic acids is 2. The molecule has 7 heteroatoms. The van der Waals surface area contributed by atoms with Crippen LogP contribution in [0.15, 0.2) is 60.7 Å². The Labute approximate surface area is 207 Å². The number of benzene rings is 2. The Hall–Kier alpha value is -3.87. The number of rotatable bonds is 11. The number of carboxylic acid groups (broad SMARTS) is 1. The minimum atomic E-state index is -0.948. The molecule has 0 aliphatic rings. The highest BCUT2D eigenvalue weighted by Gasteiger charge is 2.19. The minimum absolute atomic E-state index is 0.196. The van der Waals surface area contributed by atoms with Crippen molar-refractivity contribution in [3.63, 3.8) is 0 Å². The molecule has 0 amide bonds. The lowest BCUT2D eigenvalue weighted by atomic mass is 10.00. The van der Waals surface area contributed by atoms with E-state index in [0.29, 0.717) is 6.42 Å². The van der Waals surface area contributed by atoms with Crippen LogP contribution in [0.3, 0.4) is 0 Å². The summed E-state index contributed by atoms with van der Waals surface area (Å²) < 4.78 is 14.9. The fourth-order valence-electron chi connectivity index (χ4n) is 2.92. The quantitative estimate of drug-likeness (QED) is 0.246. The molecule has 0 saturated heterocycles. The number of ether oxygens (including phenoxy) is 3. The second-order valence-corrected chi connectivity index (χ2v) is 7.54. The van der Waals surface area contributed by atoms with Gasteiger partial charge in [0.05, 0.1) is 20.1 Å². The zero-order valence-electron chi connectivity index (χ0n) is 20.7. The number of carbonyl (C=O) groups is 3. The maximum atomic E-state index is 11.9. The average Bonchev–Trinajstić information content (AvgIpc) is 2.87. The number of methoxy groups -OCH3 is 2. The molecule has 0 aliphatic carbocycles. The molecule has 7 nitrogen and oxygen atoms in total. The largest absolute Gasteiger partial charge is 0.497 e. The Morgan fingerprint density at radius 3 is 1.71 bits per heavy atom. The number of unbranched alkanes of at least 4 members (excludes halogenated alkanes) is 1. The van der Waals surface area contributed by atoms with Crippen LogP contribution in [-0.4, -0.2) is 37.2 Å². The lowest BCUT2D eigenvalue weighted by molar-refractivity contribution is -0.159. The van der Waals surface area contributed by atoms with Crippen molar-refractivity contribution in [2.24, 2.45) is 5.92 Å². The van der Waals surface area contributed by atoms with E-state index in [1.54, 1.807) is 56.7 Å². The molecule has 1 atom stereocenters. The molecule has 188 valence electrons. The van der Waals surface area contributed by atoms with Crippen molar-refractivity contribution < 1.29 is 33.7 Å². The fraction of sp³-hybridized carbons (Fsp3) is 0.321. The van der Waals surface area contributed by atoms with E-state index in [1.807, 2.05) is 19.1 Å². The van der Waals surface area contributed by atoms with Gasteiger partial charge in [0.25, 0.3) is 0 Å². The molecule has 35 heavy (non-hydrogen) atoms. The van der Waals surface area contributed by atoms with Gasteiger partial charge in [-0.25, -0.2) is 9.59 Å². The maximum Gasteiger partial charge on any atom is 0.338 e. The summed E-state index contributed by atoms with van der Waals surface area (Å²) in [5.74, 6) is -0.700. The van der Waals surface area contributed by atoms with Crippen molar-refractivity contribution in [1.82, 2.24) is 0 Å². The van der Waals surface area contributed by atoms with Crippen LogP contribution in [-0.2, 0) is 19.1 Å². The van der Waals surface area contributed by atoms with E-state index in [9.17, 15) is 14.4 Å². The first-order valence-electron chi connectivity index (χ1n) is 11.5. The van der Waals surface area contributed by atoms with E-state index in [1.165, 1.54) is 12.2 Å². The fourth-order valence-corrected chi connectivity index (χ4v) is 2.92. The van der Waals surface area contributed by atoms with Crippen LogP contribution in [0.5, 0.6) is 11.5 Å². The van der Waals surface area contributed by atoms with Gasteiger partial charge in [-0.05, 0) is 60.4 Å². The molecule has 2 aromatic rings. The van der Waals surface area contributed by atoms with Crippen molar-refractivity contribution >= 4 is 30.1 Å². The summed E-state index contributed by atoms with van der Waals surface area (Å²) in [5.41, 5.74) is 1.67. The summed E-state index contributed by atoms with van der Waals surface area (Å²) in [5, 5.41) is 8.36. The Morgan fingerprint density at radius 2 is 1.31 bits per heavy atom. The van der Waals surface area contributed by atoms with Crippen LogP contribution in [0.25, 0.3) is 12.2 Å². The highest BCUT2D eigenvalue weighted by atomic mass is 16.6. The second-order valence-electron chi connectivity index (χ2n) is 7.54. The van der Waals surface area contributed by atoms with Crippen molar-refractivity contribution in [1.29, 1.82) is 0 Å². The Kier molecular flexibility index (Phi) is 13.9. The highest BCUT2D eigenvalue weighted by Crippen LogP contribution is 2.15. The number of aliphatic carboxylic acids is 1. The molecule has 1 unspecified atom stereocenters. The van der Waals surface area contributed by atoms with Gasteiger partial charge < -0.3 is 19.3 Å². The van der Waals surface area contributed by atoms with Gasteiger partial charge >= 0.3 is 17.9 Å². The Balaban J connectivity index is 0.000000400. The van der Waals surface area contributed by atoms with Gasteiger partial charge in [-0.2, -0.15) is 0 Å². The minimum Gasteiger partial charge on any atom is -0.497 e. The molecule has 0 fully saturated rings. The van der Waals surface area contributed by atoms with Crippen molar-refractivity contribution in [2.75, 3.05) is 14.2 Å². The Bertz CT molecular complexity index is 973. The molecule has 0 radical (unpaired) electrons. The molecular formula is C28H34O7. The topological polar surface area (TPSA) is 99.1 Å². The summed E-state index contributed by atoms with van der Waals surface area (Å²) in [6.07, 6.45) is 8.95. The zero-order chi connectivity index (χ0) is 26.1. The van der Waals surface area contributed by atoms with Gasteiger partial charge in [-0.3, -0.25) is 4.79 Å². The van der Waals surface area contributed by atoms with Crippen molar-refractivity contribution in [3.8, 4) is 11.5 Å². The normalized spacial score (nSPS) is 11.4. The van der Waals surface area contributed by atoms with E-state index in [-0.39, 0.29) is 5.92 Å². The smallest absolute Gasteiger partial charge is 0.338 e. The van der Waals surface area contributed by atoms with Gasteiger partial charge in [-0.15, -0.1) is 0 Å². The van der Waals surface area contributed by atoms with E-state index < -0.39 is 17.9 Å². The van der Waals surface area contributed by atoms with E-state index in [4.69, 9.17) is 19.3 Å². The van der Waals surface area contributed by atoms with E-state index in [0.717, 1.165) is 48.0 Å². The summed E-state index contributed by atoms with van der Waals surface area (Å²) in [6.45, 7) is 4.00. The zero-order valence-corrected chi connectivity index (χ0v) is 20.7. The van der Waals surface area contributed by atoms with Crippen molar-refractivity contribution in [2.45, 2.75) is 39.5 Å². The highest BCUT2D eigenvalue weighted by molar-refractivity contribution is 5.95. The number of hydrogen-bond donors (Lipinski definition) is 1. The van der Waals surface area contributed by atoms with Crippen LogP contribution in [0.4, 0.5) is 0 Å². The molecule has 0 aromatic heterocycles. The van der Waals surface area contributed by atoms with Gasteiger partial charge in [-0.1, -0.05) is 51.0 Å². The SMILES string of the molecule is CCCCC(CC)C(=O)OC(=O)C=Cc1ccc(OC)cc1.COc1ccc(C=CC(=O)O)cc1. The summed E-state index contributed by atoms with van der Waals surface area (Å²) >= 11 is 0.